The standard InChI is InChI=1S/C14H23NO2/c1-14(2,11-17)10-15-13(9-16)8-12-6-4-3-5-7-12/h3-7,13,15-17H,8-11H2,1-2H3/t13-/m1/s1. The fraction of sp³-hybridized carbons (Fsp3) is 0.571. The lowest BCUT2D eigenvalue weighted by Gasteiger charge is -2.25. The first-order chi connectivity index (χ1) is 8.07. The molecule has 0 aromatic heterocycles. The third-order valence-corrected chi connectivity index (χ3v) is 2.84. The lowest BCUT2D eigenvalue weighted by Crippen LogP contribution is -2.41. The monoisotopic (exact) mass is 237 g/mol. The van der Waals surface area contributed by atoms with E-state index in [2.05, 4.69) is 17.4 Å². The van der Waals surface area contributed by atoms with Crippen molar-refractivity contribution in [3.05, 3.63) is 35.9 Å². The van der Waals surface area contributed by atoms with Gasteiger partial charge in [-0.3, -0.25) is 0 Å². The van der Waals surface area contributed by atoms with E-state index in [0.29, 0.717) is 6.54 Å². The fourth-order valence-corrected chi connectivity index (χ4v) is 1.58. The summed E-state index contributed by atoms with van der Waals surface area (Å²) in [5.41, 5.74) is 1.06. The van der Waals surface area contributed by atoms with Gasteiger partial charge in [-0.05, 0) is 12.0 Å². The molecule has 1 aromatic carbocycles. The molecule has 0 fully saturated rings. The van der Waals surface area contributed by atoms with Crippen molar-refractivity contribution in [2.24, 2.45) is 5.41 Å². The van der Waals surface area contributed by atoms with Crippen LogP contribution in [0, 0.1) is 5.41 Å². The minimum absolute atomic E-state index is 0.0447. The van der Waals surface area contributed by atoms with Gasteiger partial charge in [-0.25, -0.2) is 0 Å². The Kier molecular flexibility index (Phi) is 5.62. The Morgan fingerprint density at radius 3 is 2.35 bits per heavy atom. The van der Waals surface area contributed by atoms with Gasteiger partial charge in [-0.15, -0.1) is 0 Å². The van der Waals surface area contributed by atoms with Crippen LogP contribution in [0.1, 0.15) is 19.4 Å². The molecule has 0 radical (unpaired) electrons. The normalized spacial score (nSPS) is 13.6. The number of hydrogen-bond donors (Lipinski definition) is 3. The van der Waals surface area contributed by atoms with Crippen LogP contribution < -0.4 is 5.32 Å². The summed E-state index contributed by atoms with van der Waals surface area (Å²) in [5, 5.41) is 21.8. The van der Waals surface area contributed by atoms with Crippen LogP contribution in [-0.4, -0.2) is 36.0 Å². The van der Waals surface area contributed by atoms with Gasteiger partial charge in [-0.1, -0.05) is 44.2 Å². The first-order valence-electron chi connectivity index (χ1n) is 6.06. The van der Waals surface area contributed by atoms with Crippen LogP contribution in [0.5, 0.6) is 0 Å². The quantitative estimate of drug-likeness (QED) is 0.668. The van der Waals surface area contributed by atoms with E-state index in [0.717, 1.165) is 6.42 Å². The average molecular weight is 237 g/mol. The molecule has 0 saturated heterocycles. The second kappa shape index (κ2) is 6.74. The highest BCUT2D eigenvalue weighted by Gasteiger charge is 2.18. The number of nitrogens with one attached hydrogen (secondary N) is 1. The van der Waals surface area contributed by atoms with Crippen molar-refractivity contribution in [3.63, 3.8) is 0 Å². The van der Waals surface area contributed by atoms with Crippen LogP contribution in [0.4, 0.5) is 0 Å². The Labute approximate surface area is 103 Å². The summed E-state index contributed by atoms with van der Waals surface area (Å²) in [5.74, 6) is 0. The second-order valence-electron chi connectivity index (χ2n) is 5.27. The Balaban J connectivity index is 2.44. The molecule has 3 N–H and O–H groups in total. The maximum absolute atomic E-state index is 9.33. The van der Waals surface area contributed by atoms with Crippen LogP contribution in [0.3, 0.4) is 0 Å². The van der Waals surface area contributed by atoms with E-state index in [4.69, 9.17) is 5.11 Å². The van der Waals surface area contributed by atoms with E-state index in [-0.39, 0.29) is 24.7 Å². The highest BCUT2D eigenvalue weighted by Crippen LogP contribution is 2.12. The van der Waals surface area contributed by atoms with Crippen molar-refractivity contribution in [2.45, 2.75) is 26.3 Å². The van der Waals surface area contributed by atoms with E-state index < -0.39 is 0 Å². The van der Waals surface area contributed by atoms with Crippen molar-refractivity contribution in [1.29, 1.82) is 0 Å². The summed E-state index contributed by atoms with van der Waals surface area (Å²) in [6.45, 7) is 4.94. The Morgan fingerprint density at radius 1 is 1.18 bits per heavy atom. The van der Waals surface area contributed by atoms with Gasteiger partial charge >= 0.3 is 0 Å². The zero-order chi connectivity index (χ0) is 12.7. The van der Waals surface area contributed by atoms with Gasteiger partial charge < -0.3 is 15.5 Å². The van der Waals surface area contributed by atoms with Crippen LogP contribution in [0.15, 0.2) is 30.3 Å². The van der Waals surface area contributed by atoms with Gasteiger partial charge in [0.25, 0.3) is 0 Å². The van der Waals surface area contributed by atoms with Crippen LogP contribution >= 0.6 is 0 Å². The number of aliphatic hydroxyl groups is 2. The largest absolute Gasteiger partial charge is 0.396 e. The molecule has 3 heteroatoms. The molecule has 0 unspecified atom stereocenters. The summed E-state index contributed by atoms with van der Waals surface area (Å²) >= 11 is 0. The minimum atomic E-state index is -0.149. The SMILES string of the molecule is CC(C)(CO)CN[C@@H](CO)Cc1ccccc1. The van der Waals surface area contributed by atoms with Crippen molar-refractivity contribution in [1.82, 2.24) is 5.32 Å². The molecule has 96 valence electrons. The zero-order valence-electron chi connectivity index (χ0n) is 10.7. The Morgan fingerprint density at radius 2 is 1.82 bits per heavy atom. The molecule has 0 spiro atoms. The van der Waals surface area contributed by atoms with Crippen molar-refractivity contribution >= 4 is 0 Å². The van der Waals surface area contributed by atoms with Gasteiger partial charge in [0, 0.05) is 24.6 Å². The average Bonchev–Trinajstić information content (AvgIpc) is 2.35. The molecule has 0 saturated carbocycles. The molecule has 1 atom stereocenters. The van der Waals surface area contributed by atoms with Crippen LogP contribution in [0.2, 0.25) is 0 Å². The molecular weight excluding hydrogens is 214 g/mol. The summed E-state index contributed by atoms with van der Waals surface area (Å²) < 4.78 is 0. The van der Waals surface area contributed by atoms with Crippen molar-refractivity contribution in [2.75, 3.05) is 19.8 Å². The first kappa shape index (κ1) is 14.2. The van der Waals surface area contributed by atoms with E-state index in [1.807, 2.05) is 32.0 Å². The van der Waals surface area contributed by atoms with Gasteiger partial charge in [0.2, 0.25) is 0 Å². The fourth-order valence-electron chi connectivity index (χ4n) is 1.58. The predicted molar refractivity (Wildman–Crippen MR) is 69.9 cm³/mol. The van der Waals surface area contributed by atoms with Gasteiger partial charge in [0.05, 0.1) is 6.61 Å². The van der Waals surface area contributed by atoms with E-state index in [1.165, 1.54) is 5.56 Å². The number of rotatable bonds is 7. The Bertz CT molecular complexity index is 311. The molecule has 3 nitrogen and oxygen atoms in total. The topological polar surface area (TPSA) is 52.5 Å². The van der Waals surface area contributed by atoms with E-state index in [1.54, 1.807) is 0 Å². The zero-order valence-corrected chi connectivity index (χ0v) is 10.7. The summed E-state index contributed by atoms with van der Waals surface area (Å²) in [6, 6.07) is 10.1. The molecular formula is C14H23NO2. The lowest BCUT2D eigenvalue weighted by atomic mass is 9.94. The molecule has 17 heavy (non-hydrogen) atoms. The van der Waals surface area contributed by atoms with Gasteiger partial charge in [0.15, 0.2) is 0 Å². The number of hydrogen-bond acceptors (Lipinski definition) is 3. The van der Waals surface area contributed by atoms with Crippen molar-refractivity contribution < 1.29 is 10.2 Å². The summed E-state index contributed by atoms with van der Waals surface area (Å²) in [6.07, 6.45) is 0.804. The molecule has 0 aliphatic carbocycles. The third kappa shape index (κ3) is 5.31. The third-order valence-electron chi connectivity index (χ3n) is 2.84. The van der Waals surface area contributed by atoms with Crippen molar-refractivity contribution in [3.8, 4) is 0 Å². The summed E-state index contributed by atoms with van der Waals surface area (Å²) in [7, 11) is 0. The van der Waals surface area contributed by atoms with Gasteiger partial charge in [-0.2, -0.15) is 0 Å². The molecule has 1 rings (SSSR count). The van der Waals surface area contributed by atoms with Crippen LogP contribution in [-0.2, 0) is 6.42 Å². The molecule has 0 aliphatic rings. The molecule has 0 bridgehead atoms. The maximum Gasteiger partial charge on any atom is 0.0587 e. The Hall–Kier alpha value is -0.900. The highest BCUT2D eigenvalue weighted by atomic mass is 16.3. The highest BCUT2D eigenvalue weighted by molar-refractivity contribution is 5.15. The molecule has 0 heterocycles. The number of benzene rings is 1. The molecule has 0 amide bonds. The molecule has 0 aliphatic heterocycles. The van der Waals surface area contributed by atoms with E-state index >= 15 is 0 Å². The second-order valence-corrected chi connectivity index (χ2v) is 5.27. The maximum atomic E-state index is 9.33. The summed E-state index contributed by atoms with van der Waals surface area (Å²) in [4.78, 5) is 0. The van der Waals surface area contributed by atoms with Gasteiger partial charge in [0.1, 0.15) is 0 Å². The first-order valence-corrected chi connectivity index (χ1v) is 6.06. The molecule has 1 aromatic rings. The predicted octanol–water partition coefficient (Wildman–Crippen LogP) is 1.20. The minimum Gasteiger partial charge on any atom is -0.396 e. The lowest BCUT2D eigenvalue weighted by molar-refractivity contribution is 0.145. The van der Waals surface area contributed by atoms with E-state index in [9.17, 15) is 5.11 Å². The van der Waals surface area contributed by atoms with Crippen LogP contribution in [0.25, 0.3) is 0 Å². The number of aliphatic hydroxyl groups excluding tert-OH is 2. The smallest absolute Gasteiger partial charge is 0.0587 e.